The molecule has 1 N–H and O–H groups in total. The number of nitrogens with one attached hydrogen (secondary N) is 1. The van der Waals surface area contributed by atoms with Crippen LogP contribution in [0.5, 0.6) is 0 Å². The Morgan fingerprint density at radius 2 is 2.00 bits per heavy atom. The van der Waals surface area contributed by atoms with Crippen molar-refractivity contribution in [2.24, 2.45) is 0 Å². The van der Waals surface area contributed by atoms with Gasteiger partial charge in [-0.3, -0.25) is 10.1 Å². The highest BCUT2D eigenvalue weighted by Gasteiger charge is 2.21. The molecule has 0 heterocycles. The van der Waals surface area contributed by atoms with Gasteiger partial charge >= 0.3 is 0 Å². The van der Waals surface area contributed by atoms with Gasteiger partial charge in [0.25, 0.3) is 5.69 Å². The minimum Gasteiger partial charge on any atom is -0.375 e. The molecule has 0 bridgehead atoms. The number of rotatable bonds is 3. The zero-order valence-corrected chi connectivity index (χ0v) is 8.25. The van der Waals surface area contributed by atoms with E-state index in [0.29, 0.717) is 0 Å². The summed E-state index contributed by atoms with van der Waals surface area (Å²) in [5.41, 5.74) is -0.877. The van der Waals surface area contributed by atoms with Crippen molar-refractivity contribution >= 4 is 11.4 Å². The van der Waals surface area contributed by atoms with E-state index in [1.54, 1.807) is 13.8 Å². The summed E-state index contributed by atoms with van der Waals surface area (Å²) in [6.45, 7) is 3.35. The van der Waals surface area contributed by atoms with Crippen molar-refractivity contribution in [1.82, 2.24) is 0 Å². The first kappa shape index (κ1) is 11.4. The lowest BCUT2D eigenvalue weighted by molar-refractivity contribution is -0.384. The summed E-state index contributed by atoms with van der Waals surface area (Å²) in [6, 6.07) is 1.45. The Balaban J connectivity index is 3.28. The van der Waals surface area contributed by atoms with Gasteiger partial charge in [-0.2, -0.15) is 0 Å². The van der Waals surface area contributed by atoms with Gasteiger partial charge in [-0.25, -0.2) is 8.78 Å². The standard InChI is InChI=1S/C9H10F2N2O2/c1-5(2)12-9-7(13(14)15)4-3-6(10)8(9)11/h3-5,12H,1-2H3. The molecule has 6 heteroatoms. The number of nitro benzene ring substituents is 1. The summed E-state index contributed by atoms with van der Waals surface area (Å²) in [6.07, 6.45) is 0. The Labute approximate surface area is 85.1 Å². The molecule has 82 valence electrons. The summed E-state index contributed by atoms with van der Waals surface area (Å²) in [4.78, 5) is 9.79. The third-order valence-corrected chi connectivity index (χ3v) is 1.70. The molecule has 0 unspecified atom stereocenters. The van der Waals surface area contributed by atoms with Crippen LogP contribution in [0.3, 0.4) is 0 Å². The monoisotopic (exact) mass is 216 g/mol. The number of anilines is 1. The van der Waals surface area contributed by atoms with Gasteiger partial charge in [0.2, 0.25) is 0 Å². The lowest BCUT2D eigenvalue weighted by Gasteiger charge is -2.11. The van der Waals surface area contributed by atoms with Crippen LogP contribution in [-0.4, -0.2) is 11.0 Å². The van der Waals surface area contributed by atoms with E-state index in [1.165, 1.54) is 0 Å². The van der Waals surface area contributed by atoms with Gasteiger partial charge in [0.05, 0.1) is 4.92 Å². The molecule has 0 aliphatic rings. The normalized spacial score (nSPS) is 10.5. The number of hydrogen-bond donors (Lipinski definition) is 1. The average Bonchev–Trinajstić information content (AvgIpc) is 2.12. The minimum atomic E-state index is -1.22. The minimum absolute atomic E-state index is 0.222. The average molecular weight is 216 g/mol. The highest BCUT2D eigenvalue weighted by atomic mass is 19.2. The molecule has 0 aromatic heterocycles. The summed E-state index contributed by atoms with van der Waals surface area (Å²) in [7, 11) is 0. The fourth-order valence-electron chi connectivity index (χ4n) is 1.12. The first-order chi connectivity index (χ1) is 6.93. The first-order valence-electron chi connectivity index (χ1n) is 4.32. The van der Waals surface area contributed by atoms with Gasteiger partial charge in [0.15, 0.2) is 17.3 Å². The van der Waals surface area contributed by atoms with Gasteiger partial charge in [0, 0.05) is 12.1 Å². The zero-order chi connectivity index (χ0) is 11.6. The van der Waals surface area contributed by atoms with Crippen LogP contribution in [0.15, 0.2) is 12.1 Å². The second kappa shape index (κ2) is 4.20. The number of hydrogen-bond acceptors (Lipinski definition) is 3. The maximum absolute atomic E-state index is 13.2. The van der Waals surface area contributed by atoms with Crippen molar-refractivity contribution in [1.29, 1.82) is 0 Å². The predicted octanol–water partition coefficient (Wildman–Crippen LogP) is 2.69. The maximum atomic E-state index is 13.2. The summed E-state index contributed by atoms with van der Waals surface area (Å²) >= 11 is 0. The molecule has 0 fully saturated rings. The van der Waals surface area contributed by atoms with E-state index >= 15 is 0 Å². The van der Waals surface area contributed by atoms with Crippen LogP contribution >= 0.6 is 0 Å². The van der Waals surface area contributed by atoms with E-state index in [4.69, 9.17) is 0 Å². The van der Waals surface area contributed by atoms with Crippen LogP contribution < -0.4 is 5.32 Å². The third kappa shape index (κ3) is 2.39. The SMILES string of the molecule is CC(C)Nc1c([N+](=O)[O-])ccc(F)c1F. The number of halogens is 2. The Hall–Kier alpha value is -1.72. The number of benzene rings is 1. The van der Waals surface area contributed by atoms with Crippen LogP contribution in [-0.2, 0) is 0 Å². The molecule has 0 atom stereocenters. The molecule has 1 aromatic rings. The topological polar surface area (TPSA) is 55.2 Å². The molecule has 0 radical (unpaired) electrons. The van der Waals surface area contributed by atoms with Gasteiger partial charge in [-0.1, -0.05) is 0 Å². The predicted molar refractivity (Wildman–Crippen MR) is 51.8 cm³/mol. The number of nitrogens with zero attached hydrogens (tertiary/aromatic N) is 1. The largest absolute Gasteiger partial charge is 0.375 e. The molecule has 0 spiro atoms. The van der Waals surface area contributed by atoms with E-state index in [-0.39, 0.29) is 6.04 Å². The van der Waals surface area contributed by atoms with E-state index < -0.39 is 27.9 Å². The van der Waals surface area contributed by atoms with Gasteiger partial charge in [-0.05, 0) is 19.9 Å². The van der Waals surface area contributed by atoms with E-state index in [2.05, 4.69) is 5.32 Å². The van der Waals surface area contributed by atoms with E-state index in [0.717, 1.165) is 12.1 Å². The van der Waals surface area contributed by atoms with E-state index in [9.17, 15) is 18.9 Å². The van der Waals surface area contributed by atoms with Crippen molar-refractivity contribution in [2.45, 2.75) is 19.9 Å². The van der Waals surface area contributed by atoms with Crippen LogP contribution in [0.4, 0.5) is 20.2 Å². The Morgan fingerprint density at radius 3 is 2.47 bits per heavy atom. The number of nitro groups is 1. The fraction of sp³-hybridized carbons (Fsp3) is 0.333. The zero-order valence-electron chi connectivity index (χ0n) is 8.25. The maximum Gasteiger partial charge on any atom is 0.295 e. The van der Waals surface area contributed by atoms with Gasteiger partial charge in [-0.15, -0.1) is 0 Å². The van der Waals surface area contributed by atoms with Crippen molar-refractivity contribution in [2.75, 3.05) is 5.32 Å². The molecule has 0 aliphatic carbocycles. The van der Waals surface area contributed by atoms with Gasteiger partial charge in [0.1, 0.15) is 0 Å². The fourth-order valence-corrected chi connectivity index (χ4v) is 1.12. The van der Waals surface area contributed by atoms with Crippen LogP contribution in [0.1, 0.15) is 13.8 Å². The van der Waals surface area contributed by atoms with Crippen molar-refractivity contribution in [3.8, 4) is 0 Å². The van der Waals surface area contributed by atoms with Crippen molar-refractivity contribution < 1.29 is 13.7 Å². The molecule has 0 aliphatic heterocycles. The molecule has 15 heavy (non-hydrogen) atoms. The Bertz CT molecular complexity index is 394. The molecule has 0 amide bonds. The highest BCUT2D eigenvalue weighted by molar-refractivity contribution is 5.62. The molecule has 4 nitrogen and oxygen atoms in total. The molecule has 0 saturated heterocycles. The lowest BCUT2D eigenvalue weighted by Crippen LogP contribution is -2.13. The smallest absolute Gasteiger partial charge is 0.295 e. The highest BCUT2D eigenvalue weighted by Crippen LogP contribution is 2.29. The van der Waals surface area contributed by atoms with Crippen LogP contribution in [0.2, 0.25) is 0 Å². The molecule has 1 rings (SSSR count). The van der Waals surface area contributed by atoms with Crippen LogP contribution in [0.25, 0.3) is 0 Å². The summed E-state index contributed by atoms with van der Waals surface area (Å²) in [5, 5.41) is 13.1. The quantitative estimate of drug-likeness (QED) is 0.624. The first-order valence-corrected chi connectivity index (χ1v) is 4.32. The van der Waals surface area contributed by atoms with Crippen molar-refractivity contribution in [3.63, 3.8) is 0 Å². The molecule has 1 aromatic carbocycles. The second-order valence-corrected chi connectivity index (χ2v) is 3.31. The van der Waals surface area contributed by atoms with Crippen molar-refractivity contribution in [3.05, 3.63) is 33.9 Å². The Kier molecular flexibility index (Phi) is 3.18. The third-order valence-electron chi connectivity index (χ3n) is 1.70. The Morgan fingerprint density at radius 1 is 1.40 bits per heavy atom. The molecule has 0 saturated carbocycles. The second-order valence-electron chi connectivity index (χ2n) is 3.31. The summed E-state index contributed by atoms with van der Waals surface area (Å²) < 4.78 is 26.1. The van der Waals surface area contributed by atoms with Gasteiger partial charge < -0.3 is 5.32 Å². The molecular weight excluding hydrogens is 206 g/mol. The summed E-state index contributed by atoms with van der Waals surface area (Å²) in [5.74, 6) is -2.33. The molecular formula is C9H10F2N2O2. The lowest BCUT2D eigenvalue weighted by atomic mass is 10.2. The van der Waals surface area contributed by atoms with Crippen LogP contribution in [0, 0.1) is 21.7 Å². The van der Waals surface area contributed by atoms with E-state index in [1.807, 2.05) is 0 Å².